The Morgan fingerprint density at radius 1 is 1.37 bits per heavy atom. The second kappa shape index (κ2) is 5.96. The molecular weight excluding hydrogens is 260 g/mol. The third-order valence-electron chi connectivity index (χ3n) is 3.37. The molecule has 1 aromatic heterocycles. The van der Waals surface area contributed by atoms with E-state index in [9.17, 15) is 4.79 Å². The smallest absolute Gasteiger partial charge is 0.239 e. The normalized spacial score (nSPS) is 21.4. The van der Waals surface area contributed by atoms with Gasteiger partial charge < -0.3 is 4.90 Å². The first-order chi connectivity index (χ1) is 8.97. The van der Waals surface area contributed by atoms with Gasteiger partial charge >= 0.3 is 0 Å². The Morgan fingerprint density at radius 3 is 2.68 bits per heavy atom. The summed E-state index contributed by atoms with van der Waals surface area (Å²) in [5.74, 6) is 0.759. The molecule has 1 aliphatic heterocycles. The quantitative estimate of drug-likeness (QED) is 0.840. The van der Waals surface area contributed by atoms with Crippen molar-refractivity contribution in [1.29, 1.82) is 0 Å². The largest absolute Gasteiger partial charge is 0.340 e. The third kappa shape index (κ3) is 3.51. The Labute approximate surface area is 118 Å². The Kier molecular flexibility index (Phi) is 4.52. The Bertz CT molecular complexity index is 446. The fourth-order valence-corrected chi connectivity index (χ4v) is 3.12. The van der Waals surface area contributed by atoms with Crippen molar-refractivity contribution < 1.29 is 4.79 Å². The molecule has 5 nitrogen and oxygen atoms in total. The lowest BCUT2D eigenvalue weighted by Crippen LogP contribution is -2.56. The average molecular weight is 282 g/mol. The summed E-state index contributed by atoms with van der Waals surface area (Å²) in [6.07, 6.45) is 0. The van der Waals surface area contributed by atoms with Crippen LogP contribution in [-0.2, 0) is 11.3 Å². The zero-order chi connectivity index (χ0) is 14.0. The molecule has 6 heteroatoms. The molecule has 0 aromatic carbocycles. The van der Waals surface area contributed by atoms with E-state index in [0.717, 1.165) is 36.2 Å². The van der Waals surface area contributed by atoms with Gasteiger partial charge in [-0.2, -0.15) is 0 Å². The van der Waals surface area contributed by atoms with Gasteiger partial charge in [-0.1, -0.05) is 13.8 Å². The molecule has 2 heterocycles. The molecule has 0 N–H and O–H groups in total. The molecule has 1 amide bonds. The van der Waals surface area contributed by atoms with Crippen molar-refractivity contribution >= 4 is 17.2 Å². The zero-order valence-corrected chi connectivity index (χ0v) is 12.9. The fraction of sp³-hybridized carbons (Fsp3) is 0.769. The first kappa shape index (κ1) is 14.4. The molecule has 0 spiro atoms. The summed E-state index contributed by atoms with van der Waals surface area (Å²) in [5, 5.41) is 10.1. The van der Waals surface area contributed by atoms with E-state index in [0.29, 0.717) is 5.92 Å². The lowest BCUT2D eigenvalue weighted by atomic mass is 10.1. The highest BCUT2D eigenvalue weighted by Crippen LogP contribution is 2.18. The summed E-state index contributed by atoms with van der Waals surface area (Å²) in [6, 6.07) is -0.0586. The van der Waals surface area contributed by atoms with Gasteiger partial charge in [-0.15, -0.1) is 21.5 Å². The van der Waals surface area contributed by atoms with Crippen LogP contribution in [0.25, 0.3) is 0 Å². The van der Waals surface area contributed by atoms with Crippen LogP contribution in [0.3, 0.4) is 0 Å². The van der Waals surface area contributed by atoms with Crippen LogP contribution in [0.2, 0.25) is 0 Å². The molecule has 1 saturated heterocycles. The van der Waals surface area contributed by atoms with Gasteiger partial charge in [-0.25, -0.2) is 0 Å². The van der Waals surface area contributed by atoms with Crippen LogP contribution < -0.4 is 0 Å². The maximum absolute atomic E-state index is 12.3. The summed E-state index contributed by atoms with van der Waals surface area (Å²) in [7, 11) is 0. The molecular formula is C13H22N4OS. The number of carbonyl (C=O) groups is 1. The van der Waals surface area contributed by atoms with Crippen molar-refractivity contribution in [3.63, 3.8) is 0 Å². The topological polar surface area (TPSA) is 49.3 Å². The predicted molar refractivity (Wildman–Crippen MR) is 75.9 cm³/mol. The summed E-state index contributed by atoms with van der Waals surface area (Å²) in [6.45, 7) is 11.6. The van der Waals surface area contributed by atoms with Gasteiger partial charge in [0.05, 0.1) is 12.6 Å². The molecule has 1 aliphatic rings. The molecule has 0 radical (unpaired) electrons. The summed E-state index contributed by atoms with van der Waals surface area (Å²) in [4.78, 5) is 16.5. The summed E-state index contributed by atoms with van der Waals surface area (Å²) < 4.78 is 0. The van der Waals surface area contributed by atoms with Crippen LogP contribution in [0.1, 0.15) is 30.8 Å². The van der Waals surface area contributed by atoms with Gasteiger partial charge in [0, 0.05) is 19.6 Å². The molecule has 0 saturated carbocycles. The molecule has 0 aliphatic carbocycles. The van der Waals surface area contributed by atoms with E-state index < -0.39 is 0 Å². The van der Waals surface area contributed by atoms with E-state index in [1.165, 1.54) is 0 Å². The monoisotopic (exact) mass is 282 g/mol. The second-order valence-corrected chi connectivity index (χ2v) is 6.81. The molecule has 0 bridgehead atoms. The number of aryl methyl sites for hydroxylation is 1. The third-order valence-corrected chi connectivity index (χ3v) is 4.19. The van der Waals surface area contributed by atoms with E-state index in [2.05, 4.69) is 28.9 Å². The lowest BCUT2D eigenvalue weighted by Gasteiger charge is -2.39. The number of rotatable bonds is 4. The fourth-order valence-electron chi connectivity index (χ4n) is 2.39. The predicted octanol–water partition coefficient (Wildman–Crippen LogP) is 1.54. The SMILES string of the molecule is Cc1nnc(CN2CCN(CC(C)C)C(=O)C2C)s1. The second-order valence-electron chi connectivity index (χ2n) is 5.54. The summed E-state index contributed by atoms with van der Waals surface area (Å²) >= 11 is 1.61. The average Bonchev–Trinajstić information content (AvgIpc) is 2.74. The highest BCUT2D eigenvalue weighted by molar-refractivity contribution is 7.11. The van der Waals surface area contributed by atoms with E-state index in [1.54, 1.807) is 11.3 Å². The maximum atomic E-state index is 12.3. The van der Waals surface area contributed by atoms with Crippen molar-refractivity contribution in [3.05, 3.63) is 10.0 Å². The Balaban J connectivity index is 1.97. The molecule has 1 fully saturated rings. The van der Waals surface area contributed by atoms with Crippen LogP contribution >= 0.6 is 11.3 Å². The van der Waals surface area contributed by atoms with Crippen LogP contribution in [0.5, 0.6) is 0 Å². The van der Waals surface area contributed by atoms with Crippen LogP contribution in [0.4, 0.5) is 0 Å². The van der Waals surface area contributed by atoms with E-state index in [4.69, 9.17) is 0 Å². The van der Waals surface area contributed by atoms with Crippen molar-refractivity contribution in [2.45, 2.75) is 40.3 Å². The molecule has 2 rings (SSSR count). The van der Waals surface area contributed by atoms with Crippen molar-refractivity contribution in [1.82, 2.24) is 20.0 Å². The van der Waals surface area contributed by atoms with Gasteiger partial charge in [0.25, 0.3) is 0 Å². The van der Waals surface area contributed by atoms with Gasteiger partial charge in [0.2, 0.25) is 5.91 Å². The van der Waals surface area contributed by atoms with Gasteiger partial charge in [0.15, 0.2) is 0 Å². The molecule has 1 unspecified atom stereocenters. The van der Waals surface area contributed by atoms with Crippen LogP contribution in [0, 0.1) is 12.8 Å². The molecule has 106 valence electrons. The van der Waals surface area contributed by atoms with Gasteiger partial charge in [0.1, 0.15) is 10.0 Å². The Morgan fingerprint density at radius 2 is 2.11 bits per heavy atom. The number of hydrogen-bond acceptors (Lipinski definition) is 5. The van der Waals surface area contributed by atoms with E-state index in [-0.39, 0.29) is 11.9 Å². The van der Waals surface area contributed by atoms with Crippen molar-refractivity contribution in [2.24, 2.45) is 5.92 Å². The number of amides is 1. The number of aromatic nitrogens is 2. The first-order valence-corrected chi connectivity index (χ1v) is 7.61. The zero-order valence-electron chi connectivity index (χ0n) is 12.1. The lowest BCUT2D eigenvalue weighted by molar-refractivity contribution is -0.141. The Hall–Kier alpha value is -1.01. The highest BCUT2D eigenvalue weighted by atomic mass is 32.1. The number of nitrogens with zero attached hydrogens (tertiary/aromatic N) is 4. The minimum atomic E-state index is -0.0586. The van der Waals surface area contributed by atoms with Gasteiger partial charge in [-0.3, -0.25) is 9.69 Å². The molecule has 1 atom stereocenters. The van der Waals surface area contributed by atoms with Gasteiger partial charge in [-0.05, 0) is 19.8 Å². The minimum Gasteiger partial charge on any atom is -0.340 e. The molecule has 19 heavy (non-hydrogen) atoms. The number of carbonyl (C=O) groups excluding carboxylic acids is 1. The minimum absolute atomic E-state index is 0.0586. The summed E-state index contributed by atoms with van der Waals surface area (Å²) in [5.41, 5.74) is 0. The number of hydrogen-bond donors (Lipinski definition) is 0. The number of piperazine rings is 1. The first-order valence-electron chi connectivity index (χ1n) is 6.79. The van der Waals surface area contributed by atoms with Crippen molar-refractivity contribution in [2.75, 3.05) is 19.6 Å². The van der Waals surface area contributed by atoms with E-state index in [1.807, 2.05) is 18.7 Å². The molecule has 1 aromatic rings. The van der Waals surface area contributed by atoms with E-state index >= 15 is 0 Å². The van der Waals surface area contributed by atoms with Crippen LogP contribution in [-0.4, -0.2) is 51.6 Å². The highest BCUT2D eigenvalue weighted by Gasteiger charge is 2.31. The standard InChI is InChI=1S/C13H22N4OS/c1-9(2)7-17-6-5-16(10(3)13(17)18)8-12-15-14-11(4)19-12/h9-10H,5-8H2,1-4H3. The van der Waals surface area contributed by atoms with Crippen molar-refractivity contribution in [3.8, 4) is 0 Å². The maximum Gasteiger partial charge on any atom is 0.239 e. The van der Waals surface area contributed by atoms with Crippen LogP contribution in [0.15, 0.2) is 0 Å².